The molecule has 0 aliphatic rings. The molecule has 0 unspecified atom stereocenters. The summed E-state index contributed by atoms with van der Waals surface area (Å²) in [4.78, 5) is 12.0. The first-order chi connectivity index (χ1) is 8.16. The number of carbonyl (C=O) groups is 1. The lowest BCUT2D eigenvalue weighted by Crippen LogP contribution is -2.06. The molecule has 0 saturated carbocycles. The Morgan fingerprint density at radius 2 is 2.12 bits per heavy atom. The van der Waals surface area contributed by atoms with E-state index in [1.54, 1.807) is 0 Å². The van der Waals surface area contributed by atoms with Crippen LogP contribution < -0.4 is 0 Å². The van der Waals surface area contributed by atoms with Gasteiger partial charge in [-0.2, -0.15) is 0 Å². The van der Waals surface area contributed by atoms with Crippen LogP contribution in [0.5, 0.6) is 0 Å². The van der Waals surface area contributed by atoms with Crippen molar-refractivity contribution < 1.29 is 4.79 Å². The quantitative estimate of drug-likeness (QED) is 0.789. The molecular weight excluding hydrogens is 278 g/mol. The second kappa shape index (κ2) is 5.32. The summed E-state index contributed by atoms with van der Waals surface area (Å²) in [6, 6.07) is 11.8. The molecule has 0 amide bonds. The minimum atomic E-state index is 0.192. The molecule has 0 radical (unpaired) electrons. The SMILES string of the molecule is Cn1cccc1C(=O)CCc1cccc(Br)c1. The number of carbonyl (C=O) groups excluding carboxylic acids is 1. The Hall–Kier alpha value is -1.35. The number of hydrogen-bond donors (Lipinski definition) is 0. The van der Waals surface area contributed by atoms with E-state index in [1.807, 2.05) is 48.1 Å². The van der Waals surface area contributed by atoms with Crippen LogP contribution in [-0.2, 0) is 13.5 Å². The third-order valence-corrected chi connectivity index (χ3v) is 3.25. The molecule has 88 valence electrons. The molecule has 0 spiro atoms. The molecule has 0 aliphatic heterocycles. The van der Waals surface area contributed by atoms with Gasteiger partial charge in [-0.3, -0.25) is 4.79 Å². The Kier molecular flexibility index (Phi) is 3.79. The Morgan fingerprint density at radius 3 is 2.76 bits per heavy atom. The summed E-state index contributed by atoms with van der Waals surface area (Å²) in [6.45, 7) is 0. The summed E-state index contributed by atoms with van der Waals surface area (Å²) in [6.07, 6.45) is 3.23. The van der Waals surface area contributed by atoms with Crippen molar-refractivity contribution in [1.82, 2.24) is 4.57 Å². The van der Waals surface area contributed by atoms with E-state index in [9.17, 15) is 4.79 Å². The second-order valence-electron chi connectivity index (χ2n) is 4.06. The number of aryl methyl sites for hydroxylation is 2. The van der Waals surface area contributed by atoms with Gasteiger partial charge in [0.1, 0.15) is 0 Å². The van der Waals surface area contributed by atoms with Gasteiger partial charge in [-0.1, -0.05) is 28.1 Å². The van der Waals surface area contributed by atoms with Crippen LogP contribution >= 0.6 is 15.9 Å². The molecule has 2 rings (SSSR count). The van der Waals surface area contributed by atoms with Gasteiger partial charge in [0.15, 0.2) is 5.78 Å². The van der Waals surface area contributed by atoms with Crippen LogP contribution in [0.15, 0.2) is 47.1 Å². The first-order valence-corrected chi connectivity index (χ1v) is 6.35. The van der Waals surface area contributed by atoms with Crippen LogP contribution in [0.25, 0.3) is 0 Å². The van der Waals surface area contributed by atoms with Gasteiger partial charge in [-0.15, -0.1) is 0 Å². The number of rotatable bonds is 4. The molecule has 0 N–H and O–H groups in total. The smallest absolute Gasteiger partial charge is 0.179 e. The van der Waals surface area contributed by atoms with Crippen LogP contribution in [0, 0.1) is 0 Å². The van der Waals surface area contributed by atoms with E-state index in [0.717, 1.165) is 16.6 Å². The Labute approximate surface area is 109 Å². The largest absolute Gasteiger partial charge is 0.348 e. The van der Waals surface area contributed by atoms with Gasteiger partial charge in [-0.25, -0.2) is 0 Å². The Balaban J connectivity index is 1.99. The van der Waals surface area contributed by atoms with Gasteiger partial charge in [0.05, 0.1) is 5.69 Å². The lowest BCUT2D eigenvalue weighted by molar-refractivity contribution is 0.0975. The third-order valence-electron chi connectivity index (χ3n) is 2.76. The fraction of sp³-hybridized carbons (Fsp3) is 0.214. The number of nitrogens with zero attached hydrogens (tertiary/aromatic N) is 1. The standard InChI is InChI=1S/C14H14BrNO/c1-16-9-3-6-13(16)14(17)8-7-11-4-2-5-12(15)10-11/h2-6,9-10H,7-8H2,1H3. The van der Waals surface area contributed by atoms with Crippen LogP contribution in [0.1, 0.15) is 22.5 Å². The van der Waals surface area contributed by atoms with E-state index in [4.69, 9.17) is 0 Å². The topological polar surface area (TPSA) is 22.0 Å². The van der Waals surface area contributed by atoms with Crippen molar-refractivity contribution in [1.29, 1.82) is 0 Å². The van der Waals surface area contributed by atoms with Gasteiger partial charge >= 0.3 is 0 Å². The number of aromatic nitrogens is 1. The van der Waals surface area contributed by atoms with Gasteiger partial charge in [-0.05, 0) is 36.2 Å². The summed E-state index contributed by atoms with van der Waals surface area (Å²) >= 11 is 3.43. The van der Waals surface area contributed by atoms with Crippen molar-refractivity contribution in [3.8, 4) is 0 Å². The molecule has 2 aromatic rings. The van der Waals surface area contributed by atoms with Gasteiger partial charge in [0.25, 0.3) is 0 Å². The molecule has 2 nitrogen and oxygen atoms in total. The molecule has 0 fully saturated rings. The number of halogens is 1. The molecule has 1 aromatic carbocycles. The van der Waals surface area contributed by atoms with Gasteiger partial charge in [0, 0.05) is 24.1 Å². The molecule has 0 atom stereocenters. The maximum Gasteiger partial charge on any atom is 0.179 e. The second-order valence-corrected chi connectivity index (χ2v) is 4.97. The zero-order valence-electron chi connectivity index (χ0n) is 9.69. The van der Waals surface area contributed by atoms with Crippen molar-refractivity contribution in [2.45, 2.75) is 12.8 Å². The normalized spacial score (nSPS) is 10.5. The predicted molar refractivity (Wildman–Crippen MR) is 72.2 cm³/mol. The lowest BCUT2D eigenvalue weighted by atomic mass is 10.1. The van der Waals surface area contributed by atoms with Crippen molar-refractivity contribution >= 4 is 21.7 Å². The molecule has 17 heavy (non-hydrogen) atoms. The maximum atomic E-state index is 12.0. The molecule has 1 aromatic heterocycles. The molecule has 1 heterocycles. The van der Waals surface area contributed by atoms with E-state index in [-0.39, 0.29) is 5.78 Å². The summed E-state index contributed by atoms with van der Waals surface area (Å²) in [5.41, 5.74) is 1.96. The number of ketones is 1. The van der Waals surface area contributed by atoms with E-state index >= 15 is 0 Å². The summed E-state index contributed by atoms with van der Waals surface area (Å²) in [5.74, 6) is 0.192. The molecule has 0 saturated heterocycles. The van der Waals surface area contributed by atoms with Crippen LogP contribution in [0.3, 0.4) is 0 Å². The van der Waals surface area contributed by atoms with Crippen molar-refractivity contribution in [2.75, 3.05) is 0 Å². The minimum Gasteiger partial charge on any atom is -0.348 e. The zero-order valence-corrected chi connectivity index (χ0v) is 11.3. The molecule has 0 aliphatic carbocycles. The predicted octanol–water partition coefficient (Wildman–Crippen LogP) is 3.60. The number of benzene rings is 1. The fourth-order valence-corrected chi connectivity index (χ4v) is 2.28. The molecular formula is C14H14BrNO. The average Bonchev–Trinajstić information content (AvgIpc) is 2.72. The van der Waals surface area contributed by atoms with Crippen LogP contribution in [0.4, 0.5) is 0 Å². The lowest BCUT2D eigenvalue weighted by Gasteiger charge is -2.03. The summed E-state index contributed by atoms with van der Waals surface area (Å²) in [5, 5.41) is 0. The highest BCUT2D eigenvalue weighted by Gasteiger charge is 2.08. The van der Waals surface area contributed by atoms with Crippen molar-refractivity contribution in [2.24, 2.45) is 7.05 Å². The minimum absolute atomic E-state index is 0.192. The monoisotopic (exact) mass is 291 g/mol. The average molecular weight is 292 g/mol. The Bertz CT molecular complexity index is 531. The fourth-order valence-electron chi connectivity index (χ4n) is 1.83. The van der Waals surface area contributed by atoms with E-state index < -0.39 is 0 Å². The van der Waals surface area contributed by atoms with E-state index in [0.29, 0.717) is 6.42 Å². The summed E-state index contributed by atoms with van der Waals surface area (Å²) in [7, 11) is 1.90. The van der Waals surface area contributed by atoms with Crippen LogP contribution in [0.2, 0.25) is 0 Å². The highest BCUT2D eigenvalue weighted by atomic mass is 79.9. The first-order valence-electron chi connectivity index (χ1n) is 5.56. The van der Waals surface area contributed by atoms with E-state index in [1.165, 1.54) is 5.56 Å². The van der Waals surface area contributed by atoms with Crippen LogP contribution in [-0.4, -0.2) is 10.4 Å². The number of Topliss-reactive ketones (excluding diaryl/α,β-unsaturated/α-hetero) is 1. The maximum absolute atomic E-state index is 12.0. The molecule has 3 heteroatoms. The third kappa shape index (κ3) is 3.07. The Morgan fingerprint density at radius 1 is 1.29 bits per heavy atom. The van der Waals surface area contributed by atoms with E-state index in [2.05, 4.69) is 22.0 Å². The highest BCUT2D eigenvalue weighted by molar-refractivity contribution is 9.10. The van der Waals surface area contributed by atoms with Gasteiger partial charge < -0.3 is 4.57 Å². The number of hydrogen-bond acceptors (Lipinski definition) is 1. The van der Waals surface area contributed by atoms with Crippen molar-refractivity contribution in [3.05, 3.63) is 58.3 Å². The molecule has 0 bridgehead atoms. The van der Waals surface area contributed by atoms with Crippen molar-refractivity contribution in [3.63, 3.8) is 0 Å². The zero-order chi connectivity index (χ0) is 12.3. The first kappa shape index (κ1) is 12.1. The van der Waals surface area contributed by atoms with Gasteiger partial charge in [0.2, 0.25) is 0 Å². The summed E-state index contributed by atoms with van der Waals surface area (Å²) < 4.78 is 2.92. The highest BCUT2D eigenvalue weighted by Crippen LogP contribution is 2.14.